The summed E-state index contributed by atoms with van der Waals surface area (Å²) in [7, 11) is 3.31. The molecule has 0 bridgehead atoms. The van der Waals surface area contributed by atoms with Crippen molar-refractivity contribution in [1.82, 2.24) is 14.7 Å². The van der Waals surface area contributed by atoms with Gasteiger partial charge in [-0.25, -0.2) is 4.79 Å². The van der Waals surface area contributed by atoms with E-state index in [-0.39, 0.29) is 6.03 Å². The van der Waals surface area contributed by atoms with Gasteiger partial charge in [0.15, 0.2) is 0 Å². The monoisotopic (exact) mass is 282 g/mol. The molecular weight excluding hydrogens is 260 g/mol. The molecule has 2 N–H and O–H groups in total. The van der Waals surface area contributed by atoms with Crippen LogP contribution in [0.3, 0.4) is 0 Å². The van der Waals surface area contributed by atoms with E-state index in [0.717, 1.165) is 12.8 Å². The van der Waals surface area contributed by atoms with Gasteiger partial charge in [0.05, 0.1) is 31.1 Å². The number of nitrogens with zero attached hydrogens (tertiary/aromatic N) is 3. The summed E-state index contributed by atoms with van der Waals surface area (Å²) in [4.78, 5) is 13.5. The molecule has 1 aliphatic rings. The smallest absolute Gasteiger partial charge is 0.321 e. The van der Waals surface area contributed by atoms with Crippen LogP contribution in [0.25, 0.3) is 0 Å². The van der Waals surface area contributed by atoms with E-state index in [4.69, 9.17) is 4.74 Å². The summed E-state index contributed by atoms with van der Waals surface area (Å²) in [6.07, 6.45) is 5.04. The van der Waals surface area contributed by atoms with Crippen molar-refractivity contribution in [2.24, 2.45) is 5.92 Å². The predicted octanol–water partition coefficient (Wildman–Crippen LogP) is 0.764. The van der Waals surface area contributed by atoms with Gasteiger partial charge in [-0.15, -0.1) is 0 Å². The van der Waals surface area contributed by atoms with Gasteiger partial charge in [-0.2, -0.15) is 5.10 Å². The van der Waals surface area contributed by atoms with Crippen LogP contribution in [-0.2, 0) is 11.3 Å². The van der Waals surface area contributed by atoms with Crippen LogP contribution in [0, 0.1) is 5.92 Å². The lowest BCUT2D eigenvalue weighted by molar-refractivity contribution is 0.117. The Kier molecular flexibility index (Phi) is 4.97. The van der Waals surface area contributed by atoms with E-state index in [1.54, 1.807) is 31.2 Å². The molecule has 1 fully saturated rings. The van der Waals surface area contributed by atoms with Crippen molar-refractivity contribution in [1.29, 1.82) is 0 Å². The van der Waals surface area contributed by atoms with E-state index in [1.165, 1.54) is 4.90 Å². The number of aliphatic hydroxyl groups is 1. The van der Waals surface area contributed by atoms with E-state index >= 15 is 0 Å². The number of hydrogen-bond acceptors (Lipinski definition) is 4. The topological polar surface area (TPSA) is 79.6 Å². The zero-order chi connectivity index (χ0) is 14.5. The molecular formula is C13H22N4O3. The molecule has 0 unspecified atom stereocenters. The van der Waals surface area contributed by atoms with E-state index in [0.29, 0.717) is 31.3 Å². The number of carbonyl (C=O) groups excluding carboxylic acids is 1. The van der Waals surface area contributed by atoms with Crippen LogP contribution in [0.5, 0.6) is 0 Å². The maximum Gasteiger partial charge on any atom is 0.321 e. The van der Waals surface area contributed by atoms with Gasteiger partial charge in [-0.05, 0) is 18.8 Å². The highest BCUT2D eigenvalue weighted by atomic mass is 16.5. The van der Waals surface area contributed by atoms with Crippen molar-refractivity contribution in [3.63, 3.8) is 0 Å². The molecule has 1 aromatic rings. The molecule has 1 aliphatic carbocycles. The van der Waals surface area contributed by atoms with E-state index in [2.05, 4.69) is 10.4 Å². The molecule has 0 aliphatic heterocycles. The number of urea groups is 1. The molecule has 1 atom stereocenters. The second-order valence-corrected chi connectivity index (χ2v) is 5.20. The molecule has 7 nitrogen and oxygen atoms in total. The maximum atomic E-state index is 12.0. The highest BCUT2D eigenvalue weighted by molar-refractivity contribution is 5.88. The molecule has 1 aromatic heterocycles. The quantitative estimate of drug-likeness (QED) is 0.774. The van der Waals surface area contributed by atoms with Crippen molar-refractivity contribution < 1.29 is 14.6 Å². The van der Waals surface area contributed by atoms with E-state index in [1.807, 2.05) is 0 Å². The maximum absolute atomic E-state index is 12.0. The van der Waals surface area contributed by atoms with Crippen LogP contribution in [0.15, 0.2) is 12.4 Å². The lowest BCUT2D eigenvalue weighted by Gasteiger charge is -2.20. The lowest BCUT2D eigenvalue weighted by atomic mass is 10.2. The summed E-state index contributed by atoms with van der Waals surface area (Å²) in [5.74, 6) is 0.363. The molecule has 0 aromatic carbocycles. The number of rotatable bonds is 7. The molecule has 0 radical (unpaired) electrons. The van der Waals surface area contributed by atoms with Gasteiger partial charge < -0.3 is 20.1 Å². The third kappa shape index (κ3) is 4.21. The Morgan fingerprint density at radius 3 is 3.10 bits per heavy atom. The third-order valence-electron chi connectivity index (χ3n) is 3.38. The van der Waals surface area contributed by atoms with Crippen molar-refractivity contribution >= 4 is 11.7 Å². The van der Waals surface area contributed by atoms with Crippen molar-refractivity contribution in [2.75, 3.05) is 32.6 Å². The number of methoxy groups -OCH3 is 1. The van der Waals surface area contributed by atoms with Gasteiger partial charge in [0.2, 0.25) is 0 Å². The summed E-state index contributed by atoms with van der Waals surface area (Å²) in [6, 6.07) is -0.240. The molecule has 20 heavy (non-hydrogen) atoms. The summed E-state index contributed by atoms with van der Waals surface area (Å²) in [5.41, 5.74) is 0.638. The number of hydrogen-bond donors (Lipinski definition) is 2. The standard InChI is InChI=1S/C13H22N4O3/c1-16(9-12(18)10-3-4-10)13(19)15-11-7-14-17(8-11)5-6-20-2/h7-8,10,12,18H,3-6,9H2,1-2H3,(H,15,19)/t12-/m0/s1. The fraction of sp³-hybridized carbons (Fsp3) is 0.692. The highest BCUT2D eigenvalue weighted by Gasteiger charge is 2.31. The Hall–Kier alpha value is -1.60. The first-order valence-electron chi connectivity index (χ1n) is 6.81. The number of anilines is 1. The number of likely N-dealkylation sites (N-methyl/N-ethyl adjacent to an activating group) is 1. The minimum Gasteiger partial charge on any atom is -0.391 e. The Morgan fingerprint density at radius 1 is 1.70 bits per heavy atom. The first-order valence-corrected chi connectivity index (χ1v) is 6.81. The molecule has 2 amide bonds. The average molecular weight is 282 g/mol. The van der Waals surface area contributed by atoms with E-state index < -0.39 is 6.10 Å². The Morgan fingerprint density at radius 2 is 2.45 bits per heavy atom. The molecule has 1 saturated carbocycles. The fourth-order valence-electron chi connectivity index (χ4n) is 1.95. The zero-order valence-electron chi connectivity index (χ0n) is 12.0. The molecule has 0 saturated heterocycles. The van der Waals surface area contributed by atoms with Crippen molar-refractivity contribution in [3.05, 3.63) is 12.4 Å². The SMILES string of the molecule is COCCn1cc(NC(=O)N(C)C[C@H](O)C2CC2)cn1. The Balaban J connectivity index is 1.78. The zero-order valence-corrected chi connectivity index (χ0v) is 12.0. The summed E-state index contributed by atoms with van der Waals surface area (Å²) < 4.78 is 6.67. The van der Waals surface area contributed by atoms with Gasteiger partial charge in [0, 0.05) is 26.9 Å². The molecule has 112 valence electrons. The molecule has 7 heteroatoms. The van der Waals surface area contributed by atoms with Gasteiger partial charge >= 0.3 is 6.03 Å². The summed E-state index contributed by atoms with van der Waals surface area (Å²) >= 11 is 0. The fourth-order valence-corrected chi connectivity index (χ4v) is 1.95. The normalized spacial score (nSPS) is 15.9. The number of ether oxygens (including phenoxy) is 1. The molecule has 1 heterocycles. The average Bonchev–Trinajstić information content (AvgIpc) is 3.18. The third-order valence-corrected chi connectivity index (χ3v) is 3.38. The highest BCUT2D eigenvalue weighted by Crippen LogP contribution is 2.32. The lowest BCUT2D eigenvalue weighted by Crippen LogP contribution is -2.37. The van der Waals surface area contributed by atoms with Crippen LogP contribution < -0.4 is 5.32 Å². The largest absolute Gasteiger partial charge is 0.391 e. The number of carbonyl (C=O) groups is 1. The van der Waals surface area contributed by atoms with Gasteiger partial charge in [0.25, 0.3) is 0 Å². The number of amides is 2. The van der Waals surface area contributed by atoms with Crippen LogP contribution in [0.4, 0.5) is 10.5 Å². The first kappa shape index (κ1) is 14.8. The van der Waals surface area contributed by atoms with Crippen LogP contribution in [0.2, 0.25) is 0 Å². The molecule has 2 rings (SSSR count). The van der Waals surface area contributed by atoms with Crippen molar-refractivity contribution in [2.45, 2.75) is 25.5 Å². The number of aliphatic hydroxyl groups excluding tert-OH is 1. The van der Waals surface area contributed by atoms with Crippen LogP contribution in [0.1, 0.15) is 12.8 Å². The number of aromatic nitrogens is 2. The summed E-state index contributed by atoms with van der Waals surface area (Å²) in [6.45, 7) is 1.57. The summed E-state index contributed by atoms with van der Waals surface area (Å²) in [5, 5.41) is 16.7. The minimum atomic E-state index is -0.421. The second-order valence-electron chi connectivity index (χ2n) is 5.20. The minimum absolute atomic E-state index is 0.240. The molecule has 0 spiro atoms. The second kappa shape index (κ2) is 6.71. The van der Waals surface area contributed by atoms with Gasteiger partial charge in [-0.1, -0.05) is 0 Å². The van der Waals surface area contributed by atoms with Gasteiger partial charge in [-0.3, -0.25) is 4.68 Å². The van der Waals surface area contributed by atoms with E-state index in [9.17, 15) is 9.90 Å². The van der Waals surface area contributed by atoms with Crippen LogP contribution in [-0.4, -0.2) is 59.2 Å². The number of nitrogens with one attached hydrogen (secondary N) is 1. The Bertz CT molecular complexity index is 445. The first-order chi connectivity index (χ1) is 9.60. The van der Waals surface area contributed by atoms with Crippen LogP contribution >= 0.6 is 0 Å². The van der Waals surface area contributed by atoms with Crippen molar-refractivity contribution in [3.8, 4) is 0 Å². The van der Waals surface area contributed by atoms with Gasteiger partial charge in [0.1, 0.15) is 0 Å². The Labute approximate surface area is 118 Å². The predicted molar refractivity (Wildman–Crippen MR) is 74.5 cm³/mol.